The molecule has 0 saturated heterocycles. The number of rotatable bonds is 7. The number of methoxy groups -OCH3 is 1. The highest BCUT2D eigenvalue weighted by Crippen LogP contribution is 2.31. The first-order chi connectivity index (χ1) is 8.60. The predicted molar refractivity (Wildman–Crippen MR) is 73.0 cm³/mol. The van der Waals surface area contributed by atoms with Crippen LogP contribution in [0.15, 0.2) is 12.1 Å². The second-order valence-corrected chi connectivity index (χ2v) is 4.38. The van der Waals surface area contributed by atoms with Crippen molar-refractivity contribution in [1.82, 2.24) is 0 Å². The van der Waals surface area contributed by atoms with Crippen molar-refractivity contribution in [1.29, 1.82) is 0 Å². The first kappa shape index (κ1) is 14.6. The zero-order valence-corrected chi connectivity index (χ0v) is 11.4. The molecule has 0 fully saturated rings. The van der Waals surface area contributed by atoms with Crippen molar-refractivity contribution >= 4 is 23.3 Å². The molecule has 1 aromatic carbocycles. The van der Waals surface area contributed by atoms with E-state index in [4.69, 9.17) is 21.4 Å². The van der Waals surface area contributed by atoms with Crippen molar-refractivity contribution in [3.63, 3.8) is 0 Å². The fraction of sp³-hybridized carbons (Fsp3) is 0.462. The average molecular weight is 272 g/mol. The number of carboxylic acids is 1. The molecule has 0 saturated carbocycles. The number of ether oxygens (including phenoxy) is 1. The Labute approximate surface area is 112 Å². The summed E-state index contributed by atoms with van der Waals surface area (Å²) in [6.07, 6.45) is 3.35. The maximum atomic E-state index is 11.0. The van der Waals surface area contributed by atoms with Crippen LogP contribution in [0, 0.1) is 0 Å². The lowest BCUT2D eigenvalue weighted by molar-refractivity contribution is 0.0693. The van der Waals surface area contributed by atoms with Crippen LogP contribution in [-0.4, -0.2) is 24.7 Å². The zero-order valence-electron chi connectivity index (χ0n) is 10.6. The van der Waals surface area contributed by atoms with Crippen LogP contribution in [0.1, 0.15) is 36.5 Å². The quantitative estimate of drug-likeness (QED) is 0.743. The average Bonchev–Trinajstić information content (AvgIpc) is 2.35. The summed E-state index contributed by atoms with van der Waals surface area (Å²) in [5, 5.41) is 12.6. The number of anilines is 1. The molecule has 0 spiro atoms. The van der Waals surface area contributed by atoms with Gasteiger partial charge in [-0.1, -0.05) is 31.4 Å². The number of carbonyl (C=O) groups is 1. The molecule has 5 heteroatoms. The van der Waals surface area contributed by atoms with E-state index in [1.165, 1.54) is 13.2 Å². The highest BCUT2D eigenvalue weighted by Gasteiger charge is 2.14. The van der Waals surface area contributed by atoms with Gasteiger partial charge >= 0.3 is 5.97 Å². The van der Waals surface area contributed by atoms with Gasteiger partial charge in [0.05, 0.1) is 17.8 Å². The van der Waals surface area contributed by atoms with Gasteiger partial charge in [0.15, 0.2) is 0 Å². The summed E-state index contributed by atoms with van der Waals surface area (Å²) in [5.74, 6) is -0.740. The van der Waals surface area contributed by atoms with Crippen molar-refractivity contribution in [3.8, 4) is 5.75 Å². The Morgan fingerprint density at radius 3 is 2.72 bits per heavy atom. The first-order valence-electron chi connectivity index (χ1n) is 5.94. The summed E-state index contributed by atoms with van der Waals surface area (Å²) in [6.45, 7) is 2.95. The molecule has 18 heavy (non-hydrogen) atoms. The molecule has 0 amide bonds. The molecule has 0 atom stereocenters. The molecular formula is C13H18ClNO3. The Morgan fingerprint density at radius 1 is 1.44 bits per heavy atom. The topological polar surface area (TPSA) is 58.6 Å². The largest absolute Gasteiger partial charge is 0.496 e. The van der Waals surface area contributed by atoms with Gasteiger partial charge in [0.25, 0.3) is 0 Å². The van der Waals surface area contributed by atoms with Gasteiger partial charge in [-0.2, -0.15) is 0 Å². The van der Waals surface area contributed by atoms with Gasteiger partial charge in [-0.3, -0.25) is 0 Å². The summed E-state index contributed by atoms with van der Waals surface area (Å²) < 4.78 is 5.05. The molecule has 0 aromatic heterocycles. The van der Waals surface area contributed by atoms with E-state index in [-0.39, 0.29) is 5.56 Å². The Morgan fingerprint density at radius 2 is 2.17 bits per heavy atom. The molecule has 0 aliphatic rings. The molecule has 0 unspecified atom stereocenters. The Kier molecular flexibility index (Phi) is 5.78. The van der Waals surface area contributed by atoms with Crippen molar-refractivity contribution in [2.24, 2.45) is 0 Å². The van der Waals surface area contributed by atoms with Gasteiger partial charge in [0.2, 0.25) is 0 Å². The number of hydrogen-bond donors (Lipinski definition) is 2. The fourth-order valence-electron chi connectivity index (χ4n) is 1.62. The number of aromatic carboxylic acids is 1. The summed E-state index contributed by atoms with van der Waals surface area (Å²) in [6, 6.07) is 3.03. The number of nitrogens with one attached hydrogen (secondary N) is 1. The summed E-state index contributed by atoms with van der Waals surface area (Å²) >= 11 is 6.03. The smallest absolute Gasteiger partial charge is 0.339 e. The summed E-state index contributed by atoms with van der Waals surface area (Å²) in [5.41, 5.74) is 0.774. The maximum absolute atomic E-state index is 11.0. The van der Waals surface area contributed by atoms with Crippen LogP contribution in [0.3, 0.4) is 0 Å². The lowest BCUT2D eigenvalue weighted by Gasteiger charge is -2.12. The molecule has 0 bridgehead atoms. The van der Waals surface area contributed by atoms with Gasteiger partial charge < -0.3 is 15.2 Å². The zero-order chi connectivity index (χ0) is 13.5. The van der Waals surface area contributed by atoms with Crippen LogP contribution in [0.5, 0.6) is 5.75 Å². The molecule has 2 N–H and O–H groups in total. The minimum Gasteiger partial charge on any atom is -0.496 e. The van der Waals surface area contributed by atoms with Crippen molar-refractivity contribution < 1.29 is 14.6 Å². The van der Waals surface area contributed by atoms with Crippen LogP contribution in [0.25, 0.3) is 0 Å². The van der Waals surface area contributed by atoms with E-state index in [9.17, 15) is 4.79 Å². The highest BCUT2D eigenvalue weighted by atomic mass is 35.5. The van der Waals surface area contributed by atoms with Gasteiger partial charge in [-0.05, 0) is 12.5 Å². The SMILES string of the molecule is CCCCCNc1cc(OC)c(C(=O)O)cc1Cl. The number of hydrogen-bond acceptors (Lipinski definition) is 3. The van der Waals surface area contributed by atoms with Crippen molar-refractivity contribution in [2.45, 2.75) is 26.2 Å². The van der Waals surface area contributed by atoms with Crippen LogP contribution in [0.2, 0.25) is 5.02 Å². The number of unbranched alkanes of at least 4 members (excludes halogenated alkanes) is 2. The standard InChI is InChI=1S/C13H18ClNO3/c1-3-4-5-6-15-11-8-12(18-2)9(13(16)17)7-10(11)14/h7-8,15H,3-6H2,1-2H3,(H,16,17). The van der Waals surface area contributed by atoms with E-state index in [0.717, 1.165) is 25.8 Å². The third kappa shape index (κ3) is 3.81. The Hall–Kier alpha value is -1.42. The van der Waals surface area contributed by atoms with Crippen LogP contribution < -0.4 is 10.1 Å². The molecular weight excluding hydrogens is 254 g/mol. The molecule has 1 rings (SSSR count). The maximum Gasteiger partial charge on any atom is 0.339 e. The number of carboxylic acid groups (broad SMARTS) is 1. The minimum absolute atomic E-state index is 0.0709. The van der Waals surface area contributed by atoms with Crippen LogP contribution in [-0.2, 0) is 0 Å². The van der Waals surface area contributed by atoms with Crippen LogP contribution in [0.4, 0.5) is 5.69 Å². The van der Waals surface area contributed by atoms with E-state index in [0.29, 0.717) is 16.5 Å². The van der Waals surface area contributed by atoms with Crippen molar-refractivity contribution in [2.75, 3.05) is 19.0 Å². The van der Waals surface area contributed by atoms with E-state index in [1.54, 1.807) is 6.07 Å². The Bertz CT molecular complexity index is 421. The minimum atomic E-state index is -1.05. The van der Waals surface area contributed by atoms with E-state index >= 15 is 0 Å². The van der Waals surface area contributed by atoms with E-state index < -0.39 is 5.97 Å². The number of halogens is 1. The third-order valence-electron chi connectivity index (χ3n) is 2.62. The third-order valence-corrected chi connectivity index (χ3v) is 2.93. The van der Waals surface area contributed by atoms with Gasteiger partial charge in [-0.15, -0.1) is 0 Å². The molecule has 0 aliphatic heterocycles. The predicted octanol–water partition coefficient (Wildman–Crippen LogP) is 3.65. The summed E-state index contributed by atoms with van der Waals surface area (Å²) in [7, 11) is 1.44. The van der Waals surface area contributed by atoms with Gasteiger partial charge in [0, 0.05) is 12.6 Å². The molecule has 4 nitrogen and oxygen atoms in total. The normalized spacial score (nSPS) is 10.2. The lowest BCUT2D eigenvalue weighted by Crippen LogP contribution is -2.05. The second-order valence-electron chi connectivity index (χ2n) is 3.97. The first-order valence-corrected chi connectivity index (χ1v) is 6.32. The molecule has 0 radical (unpaired) electrons. The molecule has 1 aromatic rings. The number of benzene rings is 1. The van der Waals surface area contributed by atoms with E-state index in [1.807, 2.05) is 0 Å². The summed E-state index contributed by atoms with van der Waals surface area (Å²) in [4.78, 5) is 11.0. The van der Waals surface area contributed by atoms with Gasteiger partial charge in [-0.25, -0.2) is 4.79 Å². The lowest BCUT2D eigenvalue weighted by atomic mass is 10.1. The molecule has 0 aliphatic carbocycles. The van der Waals surface area contributed by atoms with Crippen LogP contribution >= 0.6 is 11.6 Å². The molecule has 0 heterocycles. The second kappa shape index (κ2) is 7.11. The van der Waals surface area contributed by atoms with Gasteiger partial charge in [0.1, 0.15) is 11.3 Å². The van der Waals surface area contributed by atoms with E-state index in [2.05, 4.69) is 12.2 Å². The monoisotopic (exact) mass is 271 g/mol. The van der Waals surface area contributed by atoms with Crippen molar-refractivity contribution in [3.05, 3.63) is 22.7 Å². The Balaban J connectivity index is 2.83. The molecule has 100 valence electrons. The fourth-order valence-corrected chi connectivity index (χ4v) is 1.85. The highest BCUT2D eigenvalue weighted by molar-refractivity contribution is 6.33.